The fourth-order valence-electron chi connectivity index (χ4n) is 3.35. The second-order valence-corrected chi connectivity index (χ2v) is 5.35. The van der Waals surface area contributed by atoms with Crippen molar-refractivity contribution in [1.82, 2.24) is 20.3 Å². The standard InChI is InChI=1S/C15H8N4O3/c20-6-1-2-7(21)12-9(6)10-8-5(3-16-15(8)22)11-14(13(10)19-12)18-4-17-11/h1-2,4,19H,3H2,(H,16,22)(H,17,18). The number of aromatic nitrogens is 3. The zero-order valence-corrected chi connectivity index (χ0v) is 11.1. The van der Waals surface area contributed by atoms with Gasteiger partial charge in [-0.1, -0.05) is 0 Å². The van der Waals surface area contributed by atoms with E-state index in [0.29, 0.717) is 34.0 Å². The van der Waals surface area contributed by atoms with Gasteiger partial charge in [0.25, 0.3) is 5.91 Å². The van der Waals surface area contributed by atoms with Crippen molar-refractivity contribution in [3.8, 4) is 0 Å². The molecule has 0 unspecified atom stereocenters. The van der Waals surface area contributed by atoms with Crippen LogP contribution in [0.3, 0.4) is 0 Å². The van der Waals surface area contributed by atoms with E-state index in [1.165, 1.54) is 18.5 Å². The molecule has 3 aromatic rings. The fraction of sp³-hybridized carbons (Fsp3) is 0.0667. The summed E-state index contributed by atoms with van der Waals surface area (Å²) in [6, 6.07) is 0. The molecule has 2 aliphatic rings. The number of nitrogens with one attached hydrogen (secondary N) is 3. The number of benzene rings is 1. The highest BCUT2D eigenvalue weighted by Gasteiger charge is 2.33. The van der Waals surface area contributed by atoms with Crippen LogP contribution in [0.5, 0.6) is 0 Å². The van der Waals surface area contributed by atoms with Crippen LogP contribution in [0, 0.1) is 0 Å². The molecule has 7 nitrogen and oxygen atoms in total. The van der Waals surface area contributed by atoms with Gasteiger partial charge in [0.2, 0.25) is 5.78 Å². The van der Waals surface area contributed by atoms with E-state index in [2.05, 4.69) is 20.3 Å². The molecule has 2 aromatic heterocycles. The number of ketones is 2. The second kappa shape index (κ2) is 3.51. The summed E-state index contributed by atoms with van der Waals surface area (Å²) in [5, 5.41) is 3.26. The molecule has 0 bridgehead atoms. The van der Waals surface area contributed by atoms with E-state index < -0.39 is 0 Å². The summed E-state index contributed by atoms with van der Waals surface area (Å²) >= 11 is 0. The average Bonchev–Trinajstić information content (AvgIpc) is 3.18. The van der Waals surface area contributed by atoms with E-state index in [9.17, 15) is 14.4 Å². The van der Waals surface area contributed by atoms with Crippen molar-refractivity contribution in [3.05, 3.63) is 40.9 Å². The lowest BCUT2D eigenvalue weighted by Gasteiger charge is -2.05. The van der Waals surface area contributed by atoms with E-state index in [-0.39, 0.29) is 28.7 Å². The van der Waals surface area contributed by atoms with Gasteiger partial charge in [0.1, 0.15) is 0 Å². The summed E-state index contributed by atoms with van der Waals surface area (Å²) < 4.78 is 0. The van der Waals surface area contributed by atoms with Crippen molar-refractivity contribution < 1.29 is 14.4 Å². The van der Waals surface area contributed by atoms with Crippen LogP contribution in [0.25, 0.3) is 21.9 Å². The highest BCUT2D eigenvalue weighted by Crippen LogP contribution is 2.38. The number of H-pyrrole nitrogens is 2. The minimum absolute atomic E-state index is 0.228. The maximum atomic E-state index is 12.3. The minimum Gasteiger partial charge on any atom is -0.349 e. The first-order chi connectivity index (χ1) is 10.7. The van der Waals surface area contributed by atoms with Gasteiger partial charge < -0.3 is 15.3 Å². The van der Waals surface area contributed by atoms with Crippen LogP contribution in [0.4, 0.5) is 0 Å². The van der Waals surface area contributed by atoms with Gasteiger partial charge in [-0.05, 0) is 12.2 Å². The summed E-state index contributed by atoms with van der Waals surface area (Å²) in [5.74, 6) is -0.797. The smallest absolute Gasteiger partial charge is 0.252 e. The topological polar surface area (TPSA) is 108 Å². The van der Waals surface area contributed by atoms with Gasteiger partial charge in [0, 0.05) is 17.5 Å². The van der Waals surface area contributed by atoms with Crippen LogP contribution < -0.4 is 5.32 Å². The van der Waals surface area contributed by atoms with E-state index in [0.717, 1.165) is 5.56 Å². The number of aromatic amines is 2. The molecule has 22 heavy (non-hydrogen) atoms. The number of allylic oxidation sites excluding steroid dienone is 2. The maximum absolute atomic E-state index is 12.3. The predicted octanol–water partition coefficient (Wildman–Crippen LogP) is 1.22. The van der Waals surface area contributed by atoms with Gasteiger partial charge in [-0.2, -0.15) is 0 Å². The van der Waals surface area contributed by atoms with Gasteiger partial charge in [0.15, 0.2) is 5.78 Å². The third-order valence-corrected chi connectivity index (χ3v) is 4.26. The number of carbonyl (C=O) groups excluding carboxylic acids is 3. The highest BCUT2D eigenvalue weighted by atomic mass is 16.2. The van der Waals surface area contributed by atoms with Crippen LogP contribution in [-0.2, 0) is 6.54 Å². The molecule has 5 rings (SSSR count). The molecule has 0 atom stereocenters. The largest absolute Gasteiger partial charge is 0.349 e. The Balaban J connectivity index is 2.10. The summed E-state index contributed by atoms with van der Waals surface area (Å²) in [5.41, 5.74) is 3.62. The lowest BCUT2D eigenvalue weighted by atomic mass is 9.94. The normalized spacial score (nSPS) is 16.5. The molecule has 1 aromatic carbocycles. The lowest BCUT2D eigenvalue weighted by Crippen LogP contribution is -2.14. The molecule has 3 heterocycles. The lowest BCUT2D eigenvalue weighted by molar-refractivity contribution is 0.0966. The molecular weight excluding hydrogens is 284 g/mol. The van der Waals surface area contributed by atoms with Crippen molar-refractivity contribution in [2.45, 2.75) is 6.54 Å². The molecule has 1 aliphatic carbocycles. The molecule has 106 valence electrons. The number of imidazole rings is 1. The van der Waals surface area contributed by atoms with Gasteiger partial charge in [0.05, 0.1) is 39.7 Å². The molecule has 0 saturated carbocycles. The minimum atomic E-state index is -0.276. The van der Waals surface area contributed by atoms with Crippen LogP contribution in [0.1, 0.15) is 36.8 Å². The number of rotatable bonds is 0. The Morgan fingerprint density at radius 2 is 1.82 bits per heavy atom. The van der Waals surface area contributed by atoms with Crippen molar-refractivity contribution in [3.63, 3.8) is 0 Å². The Labute approximate surface area is 122 Å². The van der Waals surface area contributed by atoms with E-state index >= 15 is 0 Å². The van der Waals surface area contributed by atoms with Crippen LogP contribution in [0.2, 0.25) is 0 Å². The SMILES string of the molecule is O=C1C=CC(=O)c2c1[nH]c1c2c2c(c3nc[nH]c31)CNC2=O. The third-order valence-electron chi connectivity index (χ3n) is 4.26. The van der Waals surface area contributed by atoms with Crippen LogP contribution >= 0.6 is 0 Å². The van der Waals surface area contributed by atoms with E-state index in [4.69, 9.17) is 0 Å². The van der Waals surface area contributed by atoms with Gasteiger partial charge in [-0.25, -0.2) is 4.98 Å². The first-order valence-corrected chi connectivity index (χ1v) is 6.75. The molecule has 1 aliphatic heterocycles. The van der Waals surface area contributed by atoms with E-state index in [1.54, 1.807) is 0 Å². The summed E-state index contributed by atoms with van der Waals surface area (Å²) in [6.07, 6.45) is 4.02. The Kier molecular flexibility index (Phi) is 1.82. The van der Waals surface area contributed by atoms with Crippen molar-refractivity contribution >= 4 is 39.4 Å². The van der Waals surface area contributed by atoms with Gasteiger partial charge in [-0.3, -0.25) is 14.4 Å². The highest BCUT2D eigenvalue weighted by molar-refractivity contribution is 6.32. The summed E-state index contributed by atoms with van der Waals surface area (Å²) in [7, 11) is 0. The zero-order chi connectivity index (χ0) is 15.0. The molecule has 0 spiro atoms. The molecule has 1 amide bonds. The van der Waals surface area contributed by atoms with Crippen molar-refractivity contribution in [2.75, 3.05) is 0 Å². The number of hydrogen-bond donors (Lipinski definition) is 3. The Bertz CT molecular complexity index is 1080. The number of nitrogens with zero attached hydrogens (tertiary/aromatic N) is 1. The fourth-order valence-corrected chi connectivity index (χ4v) is 3.35. The number of amides is 1. The van der Waals surface area contributed by atoms with Gasteiger partial charge >= 0.3 is 0 Å². The zero-order valence-electron chi connectivity index (χ0n) is 11.1. The number of hydrogen-bond acceptors (Lipinski definition) is 4. The molecule has 0 fully saturated rings. The Hall–Kier alpha value is -3.22. The molecule has 3 N–H and O–H groups in total. The summed E-state index contributed by atoms with van der Waals surface area (Å²) in [6.45, 7) is 0.364. The summed E-state index contributed by atoms with van der Waals surface area (Å²) in [4.78, 5) is 46.9. The first kappa shape index (κ1) is 11.4. The molecule has 0 saturated heterocycles. The maximum Gasteiger partial charge on any atom is 0.252 e. The second-order valence-electron chi connectivity index (χ2n) is 5.35. The van der Waals surface area contributed by atoms with Crippen molar-refractivity contribution in [1.29, 1.82) is 0 Å². The van der Waals surface area contributed by atoms with Crippen LogP contribution in [0.15, 0.2) is 18.5 Å². The molecule has 0 radical (unpaired) electrons. The number of fused-ring (bicyclic) bond motifs is 8. The van der Waals surface area contributed by atoms with E-state index in [1.807, 2.05) is 0 Å². The number of carbonyl (C=O) groups is 3. The molecular formula is C15H8N4O3. The van der Waals surface area contributed by atoms with Gasteiger partial charge in [-0.15, -0.1) is 0 Å². The average molecular weight is 292 g/mol. The Morgan fingerprint density at radius 3 is 2.68 bits per heavy atom. The molecule has 7 heteroatoms. The monoisotopic (exact) mass is 292 g/mol. The first-order valence-electron chi connectivity index (χ1n) is 6.75. The predicted molar refractivity (Wildman–Crippen MR) is 76.9 cm³/mol. The Morgan fingerprint density at radius 1 is 1.00 bits per heavy atom. The third kappa shape index (κ3) is 1.13. The van der Waals surface area contributed by atoms with Crippen molar-refractivity contribution in [2.24, 2.45) is 0 Å². The quantitative estimate of drug-likeness (QED) is 0.579. The van der Waals surface area contributed by atoms with Crippen LogP contribution in [-0.4, -0.2) is 32.4 Å².